The topological polar surface area (TPSA) is 37.3 Å². The molecular formula is C11H14O2. The Hall–Kier alpha value is -1.15. The molecule has 1 aromatic carbocycles. The van der Waals surface area contributed by atoms with Crippen molar-refractivity contribution in [3.05, 3.63) is 35.4 Å². The van der Waals surface area contributed by atoms with Crippen LogP contribution in [0.3, 0.4) is 0 Å². The molecule has 2 nitrogen and oxygen atoms in total. The van der Waals surface area contributed by atoms with Crippen molar-refractivity contribution in [1.82, 2.24) is 0 Å². The Kier molecular flexibility index (Phi) is 3.65. The van der Waals surface area contributed by atoms with E-state index in [0.717, 1.165) is 17.4 Å². The van der Waals surface area contributed by atoms with E-state index in [0.29, 0.717) is 6.42 Å². The maximum atomic E-state index is 10.3. The maximum Gasteiger partial charge on any atom is 0.120 e. The zero-order valence-electron chi connectivity index (χ0n) is 7.73. The van der Waals surface area contributed by atoms with Gasteiger partial charge in [0.05, 0.1) is 6.61 Å². The summed E-state index contributed by atoms with van der Waals surface area (Å²) >= 11 is 0. The van der Waals surface area contributed by atoms with E-state index in [1.807, 2.05) is 31.2 Å². The molecule has 1 atom stereocenters. The van der Waals surface area contributed by atoms with Gasteiger partial charge in [0.1, 0.15) is 6.29 Å². The summed E-state index contributed by atoms with van der Waals surface area (Å²) in [6.07, 6.45) is 1.49. The van der Waals surface area contributed by atoms with E-state index in [1.165, 1.54) is 0 Å². The van der Waals surface area contributed by atoms with Crippen molar-refractivity contribution in [3.8, 4) is 0 Å². The van der Waals surface area contributed by atoms with Crippen LogP contribution in [0.1, 0.15) is 30.4 Å². The van der Waals surface area contributed by atoms with Gasteiger partial charge in [-0.1, -0.05) is 31.2 Å². The van der Waals surface area contributed by atoms with Crippen LogP contribution in [-0.2, 0) is 11.4 Å². The quantitative estimate of drug-likeness (QED) is 0.715. The summed E-state index contributed by atoms with van der Waals surface area (Å²) in [4.78, 5) is 10.3. The highest BCUT2D eigenvalue weighted by atomic mass is 16.3. The third kappa shape index (κ3) is 2.67. The number of hydrogen-bond acceptors (Lipinski definition) is 2. The number of benzene rings is 1. The molecule has 0 aliphatic carbocycles. The second-order valence-electron chi connectivity index (χ2n) is 3.20. The molecular weight excluding hydrogens is 164 g/mol. The number of aliphatic hydroxyl groups excluding tert-OH is 1. The largest absolute Gasteiger partial charge is 0.392 e. The summed E-state index contributed by atoms with van der Waals surface area (Å²) in [5.74, 6) is 0.269. The number of aldehydes is 1. The second kappa shape index (κ2) is 4.77. The van der Waals surface area contributed by atoms with Crippen LogP contribution in [-0.4, -0.2) is 11.4 Å². The molecule has 1 aromatic rings. The van der Waals surface area contributed by atoms with E-state index in [2.05, 4.69) is 0 Å². The van der Waals surface area contributed by atoms with Crippen molar-refractivity contribution in [2.75, 3.05) is 0 Å². The molecule has 1 N–H and O–H groups in total. The van der Waals surface area contributed by atoms with Crippen LogP contribution in [0, 0.1) is 0 Å². The Labute approximate surface area is 78.2 Å². The molecule has 0 saturated heterocycles. The van der Waals surface area contributed by atoms with Gasteiger partial charge in [-0.05, 0) is 17.0 Å². The van der Waals surface area contributed by atoms with Gasteiger partial charge in [-0.25, -0.2) is 0 Å². The van der Waals surface area contributed by atoms with E-state index in [9.17, 15) is 4.79 Å². The first-order valence-electron chi connectivity index (χ1n) is 4.41. The molecule has 0 radical (unpaired) electrons. The van der Waals surface area contributed by atoms with Gasteiger partial charge in [0.2, 0.25) is 0 Å². The summed E-state index contributed by atoms with van der Waals surface area (Å²) in [7, 11) is 0. The molecule has 0 saturated carbocycles. The van der Waals surface area contributed by atoms with E-state index in [1.54, 1.807) is 0 Å². The highest BCUT2D eigenvalue weighted by Gasteiger charge is 2.03. The molecule has 70 valence electrons. The van der Waals surface area contributed by atoms with Gasteiger partial charge in [0, 0.05) is 6.42 Å². The van der Waals surface area contributed by atoms with Gasteiger partial charge < -0.3 is 9.90 Å². The van der Waals surface area contributed by atoms with Crippen molar-refractivity contribution < 1.29 is 9.90 Å². The normalized spacial score (nSPS) is 12.5. The van der Waals surface area contributed by atoms with Crippen LogP contribution < -0.4 is 0 Å². The first kappa shape index (κ1) is 9.93. The predicted molar refractivity (Wildman–Crippen MR) is 51.5 cm³/mol. The van der Waals surface area contributed by atoms with E-state index < -0.39 is 0 Å². The third-order valence-corrected chi connectivity index (χ3v) is 2.18. The molecule has 0 spiro atoms. The smallest absolute Gasteiger partial charge is 0.120 e. The van der Waals surface area contributed by atoms with Crippen LogP contribution in [0.15, 0.2) is 24.3 Å². The van der Waals surface area contributed by atoms with Crippen molar-refractivity contribution in [2.45, 2.75) is 25.9 Å². The molecule has 0 aliphatic rings. The lowest BCUT2D eigenvalue weighted by molar-refractivity contribution is -0.108. The van der Waals surface area contributed by atoms with Gasteiger partial charge in [0.15, 0.2) is 0 Å². The fourth-order valence-electron chi connectivity index (χ4n) is 1.23. The number of carbonyl (C=O) groups excluding carboxylic acids is 1. The van der Waals surface area contributed by atoms with Gasteiger partial charge in [-0.15, -0.1) is 0 Å². The summed E-state index contributed by atoms with van der Waals surface area (Å²) in [5.41, 5.74) is 2.05. The molecule has 13 heavy (non-hydrogen) atoms. The van der Waals surface area contributed by atoms with Crippen LogP contribution >= 0.6 is 0 Å². The summed E-state index contributed by atoms with van der Waals surface area (Å²) < 4.78 is 0. The van der Waals surface area contributed by atoms with Crippen LogP contribution in [0.2, 0.25) is 0 Å². The van der Waals surface area contributed by atoms with Gasteiger partial charge in [-0.2, -0.15) is 0 Å². The van der Waals surface area contributed by atoms with Gasteiger partial charge in [-0.3, -0.25) is 0 Å². The Morgan fingerprint density at radius 2 is 2.00 bits per heavy atom. The molecule has 1 unspecified atom stereocenters. The molecule has 0 bridgehead atoms. The fraction of sp³-hybridized carbons (Fsp3) is 0.364. The lowest BCUT2D eigenvalue weighted by Gasteiger charge is -2.07. The standard InChI is InChI=1S/C11H14O2/c1-9(6-7-12)11-4-2-10(8-13)3-5-11/h2-5,7,9,13H,6,8H2,1H3. The van der Waals surface area contributed by atoms with E-state index >= 15 is 0 Å². The average Bonchev–Trinajstić information content (AvgIpc) is 2.18. The highest BCUT2D eigenvalue weighted by Crippen LogP contribution is 2.17. The van der Waals surface area contributed by atoms with Gasteiger partial charge >= 0.3 is 0 Å². The minimum atomic E-state index is 0.0718. The number of carbonyl (C=O) groups is 1. The molecule has 0 amide bonds. The number of aliphatic hydroxyl groups is 1. The van der Waals surface area contributed by atoms with Crippen molar-refractivity contribution in [1.29, 1.82) is 0 Å². The lowest BCUT2D eigenvalue weighted by atomic mass is 9.97. The highest BCUT2D eigenvalue weighted by molar-refractivity contribution is 5.51. The van der Waals surface area contributed by atoms with Crippen molar-refractivity contribution in [2.24, 2.45) is 0 Å². The zero-order valence-corrected chi connectivity index (χ0v) is 7.73. The molecule has 2 heteroatoms. The van der Waals surface area contributed by atoms with E-state index in [-0.39, 0.29) is 12.5 Å². The zero-order chi connectivity index (χ0) is 9.68. The SMILES string of the molecule is CC(CC=O)c1ccc(CO)cc1. The van der Waals surface area contributed by atoms with E-state index in [4.69, 9.17) is 5.11 Å². The van der Waals surface area contributed by atoms with Crippen LogP contribution in [0.5, 0.6) is 0 Å². The Morgan fingerprint density at radius 1 is 1.38 bits per heavy atom. The third-order valence-electron chi connectivity index (χ3n) is 2.18. The molecule has 0 aromatic heterocycles. The maximum absolute atomic E-state index is 10.3. The van der Waals surface area contributed by atoms with Crippen LogP contribution in [0.4, 0.5) is 0 Å². The summed E-state index contributed by atoms with van der Waals surface area (Å²) in [5, 5.41) is 8.81. The number of rotatable bonds is 4. The Balaban J connectivity index is 2.73. The molecule has 0 aliphatic heterocycles. The van der Waals surface area contributed by atoms with Crippen molar-refractivity contribution in [3.63, 3.8) is 0 Å². The predicted octanol–water partition coefficient (Wildman–Crippen LogP) is 1.87. The molecule has 1 rings (SSSR count). The van der Waals surface area contributed by atoms with Crippen molar-refractivity contribution >= 4 is 6.29 Å². The molecule has 0 heterocycles. The monoisotopic (exact) mass is 178 g/mol. The summed E-state index contributed by atoms with van der Waals surface area (Å²) in [6.45, 7) is 2.09. The minimum Gasteiger partial charge on any atom is -0.392 e. The first-order chi connectivity index (χ1) is 6.27. The second-order valence-corrected chi connectivity index (χ2v) is 3.20. The van der Waals surface area contributed by atoms with Gasteiger partial charge in [0.25, 0.3) is 0 Å². The average molecular weight is 178 g/mol. The first-order valence-corrected chi connectivity index (χ1v) is 4.41. The Bertz CT molecular complexity index is 264. The number of hydrogen-bond donors (Lipinski definition) is 1. The Morgan fingerprint density at radius 3 is 2.46 bits per heavy atom. The minimum absolute atomic E-state index is 0.0718. The lowest BCUT2D eigenvalue weighted by Crippen LogP contribution is -1.94. The fourth-order valence-corrected chi connectivity index (χ4v) is 1.23. The molecule has 0 fully saturated rings. The summed E-state index contributed by atoms with van der Waals surface area (Å²) in [6, 6.07) is 7.69. The van der Waals surface area contributed by atoms with Crippen LogP contribution in [0.25, 0.3) is 0 Å².